The molecule has 1 aromatic carbocycles. The predicted molar refractivity (Wildman–Crippen MR) is 77.3 cm³/mol. The number of halogens is 2. The fourth-order valence-corrected chi connectivity index (χ4v) is 2.83. The van der Waals surface area contributed by atoms with Gasteiger partial charge in [-0.15, -0.1) is 5.10 Å². The fraction of sp³-hybridized carbons (Fsp3) is 0.0769. The molecule has 8 nitrogen and oxygen atoms in total. The van der Waals surface area contributed by atoms with Crippen LogP contribution in [0.5, 0.6) is 0 Å². The van der Waals surface area contributed by atoms with E-state index in [4.69, 9.17) is 0 Å². The smallest absolute Gasteiger partial charge is 0.242 e. The second-order valence-corrected chi connectivity index (χ2v) is 6.39. The molecular weight excluding hydrogens is 342 g/mol. The number of nitrogens with one attached hydrogen (secondary N) is 1. The first-order valence-electron chi connectivity index (χ1n) is 6.60. The van der Waals surface area contributed by atoms with E-state index >= 15 is 0 Å². The highest BCUT2D eigenvalue weighted by molar-refractivity contribution is 7.89. The van der Waals surface area contributed by atoms with Crippen molar-refractivity contribution in [2.24, 2.45) is 0 Å². The van der Waals surface area contributed by atoms with E-state index in [1.165, 1.54) is 30.6 Å². The molecule has 0 unspecified atom stereocenters. The Bertz CT molecular complexity index is 962. The lowest BCUT2D eigenvalue weighted by Gasteiger charge is -2.07. The van der Waals surface area contributed by atoms with Gasteiger partial charge in [-0.05, 0) is 34.7 Å². The molecule has 0 aliphatic heterocycles. The van der Waals surface area contributed by atoms with E-state index < -0.39 is 21.7 Å². The molecule has 0 aliphatic rings. The van der Waals surface area contributed by atoms with Crippen LogP contribution in [0.2, 0.25) is 0 Å². The van der Waals surface area contributed by atoms with Gasteiger partial charge in [-0.25, -0.2) is 21.9 Å². The summed E-state index contributed by atoms with van der Waals surface area (Å²) >= 11 is 0. The summed E-state index contributed by atoms with van der Waals surface area (Å²) in [5.41, 5.74) is 0.162. The Labute approximate surface area is 135 Å². The van der Waals surface area contributed by atoms with E-state index in [0.717, 1.165) is 16.8 Å². The van der Waals surface area contributed by atoms with Crippen LogP contribution in [0.15, 0.2) is 47.6 Å². The highest BCUT2D eigenvalue weighted by atomic mass is 32.2. The maximum absolute atomic E-state index is 13.3. The number of benzene rings is 1. The van der Waals surface area contributed by atoms with E-state index in [9.17, 15) is 17.2 Å². The van der Waals surface area contributed by atoms with E-state index in [-0.39, 0.29) is 23.0 Å². The van der Waals surface area contributed by atoms with Crippen LogP contribution in [0.4, 0.5) is 8.78 Å². The molecule has 0 atom stereocenters. The summed E-state index contributed by atoms with van der Waals surface area (Å²) in [6.45, 7) is -0.247. The van der Waals surface area contributed by atoms with Crippen LogP contribution in [0.3, 0.4) is 0 Å². The van der Waals surface area contributed by atoms with Crippen molar-refractivity contribution < 1.29 is 17.2 Å². The highest BCUT2D eigenvalue weighted by Crippen LogP contribution is 2.13. The number of nitrogens with zero attached hydrogens (tertiary/aromatic N) is 5. The quantitative estimate of drug-likeness (QED) is 0.729. The van der Waals surface area contributed by atoms with Crippen molar-refractivity contribution in [3.63, 3.8) is 0 Å². The van der Waals surface area contributed by atoms with Gasteiger partial charge in [-0.1, -0.05) is 0 Å². The summed E-state index contributed by atoms with van der Waals surface area (Å²) in [5.74, 6) is -1.97. The molecule has 0 fully saturated rings. The lowest BCUT2D eigenvalue weighted by molar-refractivity contribution is 0.507. The summed E-state index contributed by atoms with van der Waals surface area (Å²) in [6.07, 6.45) is 2.64. The second kappa shape index (κ2) is 6.37. The number of hydrogen-bond acceptors (Lipinski definition) is 6. The van der Waals surface area contributed by atoms with Crippen LogP contribution >= 0.6 is 0 Å². The molecule has 0 saturated heterocycles. The molecule has 124 valence electrons. The maximum atomic E-state index is 13.3. The van der Waals surface area contributed by atoms with Crippen molar-refractivity contribution in [2.75, 3.05) is 0 Å². The number of pyridine rings is 1. The van der Waals surface area contributed by atoms with Gasteiger partial charge in [0.05, 0.1) is 12.2 Å². The number of hydrogen-bond donors (Lipinski definition) is 1. The van der Waals surface area contributed by atoms with E-state index in [0.29, 0.717) is 0 Å². The Morgan fingerprint density at radius 1 is 1.17 bits per heavy atom. The average Bonchev–Trinajstić information content (AvgIpc) is 3.05. The number of rotatable bonds is 5. The molecule has 2 aromatic heterocycles. The van der Waals surface area contributed by atoms with Gasteiger partial charge in [0.15, 0.2) is 17.5 Å². The molecule has 11 heteroatoms. The van der Waals surface area contributed by atoms with Crippen molar-refractivity contribution in [3.05, 3.63) is 60.2 Å². The third kappa shape index (κ3) is 3.26. The van der Waals surface area contributed by atoms with Gasteiger partial charge in [-0.3, -0.25) is 4.98 Å². The Kier molecular flexibility index (Phi) is 4.27. The summed E-state index contributed by atoms with van der Waals surface area (Å²) in [4.78, 5) is 3.72. The minimum Gasteiger partial charge on any atom is -0.263 e. The predicted octanol–water partition coefficient (Wildman–Crippen LogP) is 0.814. The largest absolute Gasteiger partial charge is 0.263 e. The molecule has 0 radical (unpaired) electrons. The monoisotopic (exact) mass is 352 g/mol. The molecule has 0 bridgehead atoms. The molecule has 0 amide bonds. The summed E-state index contributed by atoms with van der Waals surface area (Å²) in [6, 6.07) is 5.97. The summed E-state index contributed by atoms with van der Waals surface area (Å²) in [5, 5.41) is 10.8. The molecule has 2 heterocycles. The van der Waals surface area contributed by atoms with Crippen molar-refractivity contribution in [1.29, 1.82) is 0 Å². The Hall–Kier alpha value is -2.79. The highest BCUT2D eigenvalue weighted by Gasteiger charge is 2.17. The Morgan fingerprint density at radius 3 is 2.71 bits per heavy atom. The lowest BCUT2D eigenvalue weighted by Crippen LogP contribution is -2.25. The van der Waals surface area contributed by atoms with Gasteiger partial charge in [-0.2, -0.15) is 4.68 Å². The van der Waals surface area contributed by atoms with Gasteiger partial charge < -0.3 is 0 Å². The van der Waals surface area contributed by atoms with Gasteiger partial charge >= 0.3 is 0 Å². The van der Waals surface area contributed by atoms with E-state index in [2.05, 4.69) is 25.2 Å². The van der Waals surface area contributed by atoms with Crippen molar-refractivity contribution in [2.45, 2.75) is 11.4 Å². The van der Waals surface area contributed by atoms with Crippen LogP contribution in [0.1, 0.15) is 5.82 Å². The van der Waals surface area contributed by atoms with Gasteiger partial charge in [0.1, 0.15) is 4.90 Å². The van der Waals surface area contributed by atoms with E-state index in [1.807, 2.05) is 0 Å². The molecule has 3 aromatic rings. The molecule has 0 spiro atoms. The van der Waals surface area contributed by atoms with Crippen molar-refractivity contribution in [1.82, 2.24) is 29.9 Å². The van der Waals surface area contributed by atoms with Crippen LogP contribution in [-0.4, -0.2) is 33.6 Å². The molecule has 0 aliphatic carbocycles. The van der Waals surface area contributed by atoms with Crippen LogP contribution in [-0.2, 0) is 16.6 Å². The zero-order valence-corrected chi connectivity index (χ0v) is 12.8. The van der Waals surface area contributed by atoms with Gasteiger partial charge in [0, 0.05) is 18.5 Å². The second-order valence-electron chi connectivity index (χ2n) is 4.62. The molecule has 24 heavy (non-hydrogen) atoms. The zero-order valence-electron chi connectivity index (χ0n) is 12.0. The molecule has 1 N–H and O–H groups in total. The lowest BCUT2D eigenvalue weighted by atomic mass is 10.3. The van der Waals surface area contributed by atoms with Gasteiger partial charge in [0.2, 0.25) is 10.0 Å². The topological polar surface area (TPSA) is 103 Å². The standard InChI is InChI=1S/C13H10F2N6O2S/c14-11-4-3-9(6-12(11)15)21-13(18-19-20-21)8-17-24(22,23)10-2-1-5-16-7-10/h1-7,17H,8H2. The third-order valence-corrected chi connectivity index (χ3v) is 4.43. The Morgan fingerprint density at radius 2 is 2.00 bits per heavy atom. The first-order chi connectivity index (χ1) is 11.5. The van der Waals surface area contributed by atoms with Crippen LogP contribution < -0.4 is 4.72 Å². The van der Waals surface area contributed by atoms with E-state index in [1.54, 1.807) is 0 Å². The first-order valence-corrected chi connectivity index (χ1v) is 8.08. The normalized spacial score (nSPS) is 11.6. The summed E-state index contributed by atoms with van der Waals surface area (Å²) < 4.78 is 54.0. The molecule has 3 rings (SSSR count). The number of aromatic nitrogens is 5. The minimum absolute atomic E-state index is 0.0168. The van der Waals surface area contributed by atoms with Gasteiger partial charge in [0.25, 0.3) is 0 Å². The van der Waals surface area contributed by atoms with Crippen LogP contribution in [0.25, 0.3) is 5.69 Å². The van der Waals surface area contributed by atoms with Crippen LogP contribution in [0, 0.1) is 11.6 Å². The average molecular weight is 352 g/mol. The number of tetrazole rings is 1. The zero-order chi connectivity index (χ0) is 17.2. The summed E-state index contributed by atoms with van der Waals surface area (Å²) in [7, 11) is -3.81. The third-order valence-electron chi connectivity index (χ3n) is 3.05. The number of sulfonamides is 1. The first kappa shape index (κ1) is 16.1. The SMILES string of the molecule is O=S(=O)(NCc1nnnn1-c1ccc(F)c(F)c1)c1cccnc1. The minimum atomic E-state index is -3.81. The van der Waals surface area contributed by atoms with Crippen molar-refractivity contribution in [3.8, 4) is 5.69 Å². The van der Waals surface area contributed by atoms with Crippen molar-refractivity contribution >= 4 is 10.0 Å². The maximum Gasteiger partial charge on any atom is 0.242 e. The fourth-order valence-electron chi connectivity index (χ4n) is 1.88. The Balaban J connectivity index is 1.83. The molecular formula is C13H10F2N6O2S. The molecule has 0 saturated carbocycles.